The summed E-state index contributed by atoms with van der Waals surface area (Å²) in [6.07, 6.45) is 5.55. The van der Waals surface area contributed by atoms with Gasteiger partial charge in [-0.2, -0.15) is 5.10 Å². The number of rotatable bonds is 3. The van der Waals surface area contributed by atoms with Crippen LogP contribution in [0.3, 0.4) is 0 Å². The fourth-order valence-corrected chi connectivity index (χ4v) is 3.10. The van der Waals surface area contributed by atoms with E-state index in [4.69, 9.17) is 0 Å². The van der Waals surface area contributed by atoms with Crippen LogP contribution in [0.5, 0.6) is 0 Å². The van der Waals surface area contributed by atoms with Crippen LogP contribution in [0.2, 0.25) is 0 Å². The van der Waals surface area contributed by atoms with Crippen LogP contribution in [-0.2, 0) is 24.3 Å². The van der Waals surface area contributed by atoms with Crippen molar-refractivity contribution in [3.8, 4) is 0 Å². The Morgan fingerprint density at radius 1 is 1.26 bits per heavy atom. The van der Waals surface area contributed by atoms with Gasteiger partial charge in [0.2, 0.25) is 5.91 Å². The third-order valence-electron chi connectivity index (χ3n) is 4.29. The fraction of sp³-hybridized carbons (Fsp3) is 0.714. The summed E-state index contributed by atoms with van der Waals surface area (Å²) < 4.78 is 2.14. The van der Waals surface area contributed by atoms with E-state index in [-0.39, 0.29) is 5.91 Å². The number of amides is 1. The molecule has 1 aromatic heterocycles. The van der Waals surface area contributed by atoms with Crippen LogP contribution in [0.1, 0.15) is 31.0 Å². The number of hydrogen-bond acceptors (Lipinski definition) is 3. The molecule has 1 saturated heterocycles. The maximum Gasteiger partial charge on any atom is 0.219 e. The number of likely N-dealkylation sites (tertiary alicyclic amines) is 1. The molecule has 0 bridgehead atoms. The van der Waals surface area contributed by atoms with Gasteiger partial charge in [-0.1, -0.05) is 0 Å². The fourth-order valence-electron chi connectivity index (χ4n) is 3.10. The zero-order chi connectivity index (χ0) is 13.2. The highest BCUT2D eigenvalue weighted by Gasteiger charge is 2.22. The van der Waals surface area contributed by atoms with Crippen molar-refractivity contribution in [2.24, 2.45) is 0 Å². The van der Waals surface area contributed by atoms with Crippen molar-refractivity contribution in [3.63, 3.8) is 0 Å². The molecule has 0 atom stereocenters. The third-order valence-corrected chi connectivity index (χ3v) is 4.29. The molecule has 1 amide bonds. The molecule has 104 valence electrons. The molecule has 3 heterocycles. The zero-order valence-electron chi connectivity index (χ0n) is 11.6. The van der Waals surface area contributed by atoms with E-state index in [1.54, 1.807) is 6.92 Å². The summed E-state index contributed by atoms with van der Waals surface area (Å²) in [5.41, 5.74) is 2.56. The lowest BCUT2D eigenvalue weighted by atomic mass is 10.1. The maximum atomic E-state index is 11.4. The molecule has 2 aliphatic rings. The summed E-state index contributed by atoms with van der Waals surface area (Å²) in [6.45, 7) is 7.76. The largest absolute Gasteiger partial charge is 0.338 e. The molecule has 5 heteroatoms. The van der Waals surface area contributed by atoms with Gasteiger partial charge in [0.25, 0.3) is 0 Å². The Hall–Kier alpha value is -1.36. The van der Waals surface area contributed by atoms with Gasteiger partial charge in [0.1, 0.15) is 0 Å². The first-order valence-electron chi connectivity index (χ1n) is 7.25. The summed E-state index contributed by atoms with van der Waals surface area (Å²) in [6, 6.07) is 0. The minimum atomic E-state index is 0.162. The molecule has 5 nitrogen and oxygen atoms in total. The molecule has 1 fully saturated rings. The lowest BCUT2D eigenvalue weighted by Gasteiger charge is -2.26. The predicted octanol–water partition coefficient (Wildman–Crippen LogP) is 0.883. The van der Waals surface area contributed by atoms with Crippen LogP contribution in [0.15, 0.2) is 6.20 Å². The highest BCUT2D eigenvalue weighted by atomic mass is 16.2. The number of aromatic nitrogens is 2. The van der Waals surface area contributed by atoms with Crippen LogP contribution in [-0.4, -0.2) is 51.7 Å². The topological polar surface area (TPSA) is 41.4 Å². The zero-order valence-corrected chi connectivity index (χ0v) is 11.6. The van der Waals surface area contributed by atoms with Gasteiger partial charge in [-0.25, -0.2) is 0 Å². The molecule has 3 rings (SSSR count). The van der Waals surface area contributed by atoms with E-state index < -0.39 is 0 Å². The molecule has 0 radical (unpaired) electrons. The van der Waals surface area contributed by atoms with Gasteiger partial charge in [0.05, 0.1) is 12.7 Å². The van der Waals surface area contributed by atoms with Crippen molar-refractivity contribution in [1.29, 1.82) is 0 Å². The second-order valence-corrected chi connectivity index (χ2v) is 5.58. The predicted molar refractivity (Wildman–Crippen MR) is 72.7 cm³/mol. The third kappa shape index (κ3) is 2.66. The monoisotopic (exact) mass is 262 g/mol. The van der Waals surface area contributed by atoms with Gasteiger partial charge in [-0.05, 0) is 25.9 Å². The molecule has 0 unspecified atom stereocenters. The quantitative estimate of drug-likeness (QED) is 0.812. The normalized spacial score (nSPS) is 19.7. The van der Waals surface area contributed by atoms with Crippen LogP contribution in [0.4, 0.5) is 0 Å². The number of hydrogen-bond donors (Lipinski definition) is 0. The van der Waals surface area contributed by atoms with Crippen molar-refractivity contribution in [1.82, 2.24) is 19.6 Å². The van der Waals surface area contributed by atoms with E-state index >= 15 is 0 Å². The Labute approximate surface area is 114 Å². The van der Waals surface area contributed by atoms with E-state index in [9.17, 15) is 4.79 Å². The Morgan fingerprint density at radius 3 is 2.79 bits per heavy atom. The first-order chi connectivity index (χ1) is 9.24. The van der Waals surface area contributed by atoms with E-state index in [1.807, 2.05) is 11.1 Å². The molecule has 0 aromatic carbocycles. The average molecular weight is 262 g/mol. The van der Waals surface area contributed by atoms with E-state index in [1.165, 1.54) is 37.2 Å². The molecular formula is C14H22N4O. The van der Waals surface area contributed by atoms with Gasteiger partial charge in [-0.3, -0.25) is 9.48 Å². The number of carbonyl (C=O) groups excluding carboxylic acids is 1. The maximum absolute atomic E-state index is 11.4. The smallest absolute Gasteiger partial charge is 0.219 e. The van der Waals surface area contributed by atoms with Gasteiger partial charge in [-0.15, -0.1) is 0 Å². The van der Waals surface area contributed by atoms with Crippen LogP contribution >= 0.6 is 0 Å². The van der Waals surface area contributed by atoms with Gasteiger partial charge in [0.15, 0.2) is 0 Å². The first-order valence-corrected chi connectivity index (χ1v) is 7.25. The molecular weight excluding hydrogens is 240 g/mol. The van der Waals surface area contributed by atoms with Crippen molar-refractivity contribution in [3.05, 3.63) is 17.5 Å². The molecule has 0 N–H and O–H groups in total. The minimum Gasteiger partial charge on any atom is -0.338 e. The summed E-state index contributed by atoms with van der Waals surface area (Å²) in [4.78, 5) is 15.8. The molecule has 0 aliphatic carbocycles. The van der Waals surface area contributed by atoms with Crippen LogP contribution in [0.25, 0.3) is 0 Å². The summed E-state index contributed by atoms with van der Waals surface area (Å²) in [5.74, 6) is 0.162. The van der Waals surface area contributed by atoms with Crippen molar-refractivity contribution >= 4 is 5.91 Å². The van der Waals surface area contributed by atoms with E-state index in [0.717, 1.165) is 32.6 Å². The van der Waals surface area contributed by atoms with Crippen molar-refractivity contribution in [2.75, 3.05) is 26.2 Å². The summed E-state index contributed by atoms with van der Waals surface area (Å²) >= 11 is 0. The number of carbonyl (C=O) groups is 1. The van der Waals surface area contributed by atoms with E-state index in [2.05, 4.69) is 14.7 Å². The Morgan fingerprint density at radius 2 is 2.05 bits per heavy atom. The van der Waals surface area contributed by atoms with Gasteiger partial charge < -0.3 is 9.80 Å². The number of fused-ring (bicyclic) bond motifs is 1. The van der Waals surface area contributed by atoms with E-state index in [0.29, 0.717) is 0 Å². The van der Waals surface area contributed by atoms with Crippen molar-refractivity contribution in [2.45, 2.75) is 39.3 Å². The Bertz CT molecular complexity index is 462. The molecule has 0 spiro atoms. The molecule has 2 aliphatic heterocycles. The standard InChI is InChI=1S/C14H22N4O/c1-12(19)17-7-4-14-13(11-17)10-15-18(14)9-8-16-5-2-3-6-16/h10H,2-9,11H2,1H3. The van der Waals surface area contributed by atoms with Crippen LogP contribution in [0, 0.1) is 0 Å². The lowest BCUT2D eigenvalue weighted by Crippen LogP contribution is -2.35. The molecule has 19 heavy (non-hydrogen) atoms. The SMILES string of the molecule is CC(=O)N1CCc2c(cnn2CCN2CCCC2)C1. The highest BCUT2D eigenvalue weighted by molar-refractivity contribution is 5.73. The lowest BCUT2D eigenvalue weighted by molar-refractivity contribution is -0.129. The first kappa shape index (κ1) is 12.7. The minimum absolute atomic E-state index is 0.162. The van der Waals surface area contributed by atoms with Gasteiger partial charge in [0, 0.05) is 44.2 Å². The molecule has 0 saturated carbocycles. The molecule has 1 aromatic rings. The highest BCUT2D eigenvalue weighted by Crippen LogP contribution is 2.19. The Kier molecular flexibility index (Phi) is 3.55. The average Bonchev–Trinajstić information content (AvgIpc) is 3.05. The summed E-state index contributed by atoms with van der Waals surface area (Å²) in [5, 5.41) is 4.50. The summed E-state index contributed by atoms with van der Waals surface area (Å²) in [7, 11) is 0. The number of nitrogens with zero attached hydrogens (tertiary/aromatic N) is 4. The van der Waals surface area contributed by atoms with Crippen LogP contribution < -0.4 is 0 Å². The Balaban J connectivity index is 1.63. The second-order valence-electron chi connectivity index (χ2n) is 5.58. The van der Waals surface area contributed by atoms with Gasteiger partial charge >= 0.3 is 0 Å². The van der Waals surface area contributed by atoms with Crippen molar-refractivity contribution < 1.29 is 4.79 Å². The second kappa shape index (κ2) is 5.33.